The monoisotopic (exact) mass is 404 g/mol. The Hall–Kier alpha value is -2.40. The van der Waals surface area contributed by atoms with Crippen LogP contribution >= 0.6 is 0 Å². The van der Waals surface area contributed by atoms with Gasteiger partial charge in [0.15, 0.2) is 0 Å². The van der Waals surface area contributed by atoms with Gasteiger partial charge in [-0.25, -0.2) is 9.97 Å². The third-order valence-electron chi connectivity index (χ3n) is 4.53. The molecule has 0 spiro atoms. The SMILES string of the molecule is FC(F)(F)c1cc(C(F)(F)F)c2ccc3nc(CN4CCOCC4)cn3c2n1. The Morgan fingerprint density at radius 1 is 0.964 bits per heavy atom. The van der Waals surface area contributed by atoms with Crippen molar-refractivity contribution in [3.8, 4) is 0 Å². The van der Waals surface area contributed by atoms with Crippen molar-refractivity contribution in [2.75, 3.05) is 26.3 Å². The molecule has 0 unspecified atom stereocenters. The molecule has 3 aromatic heterocycles. The van der Waals surface area contributed by atoms with Gasteiger partial charge in [0.1, 0.15) is 17.0 Å². The Kier molecular flexibility index (Phi) is 4.46. The molecule has 4 heterocycles. The normalized spacial score (nSPS) is 16.9. The van der Waals surface area contributed by atoms with E-state index in [9.17, 15) is 26.3 Å². The molecule has 0 amide bonds. The third-order valence-corrected chi connectivity index (χ3v) is 4.53. The van der Waals surface area contributed by atoms with E-state index in [1.807, 2.05) is 4.90 Å². The van der Waals surface area contributed by atoms with Crippen LogP contribution in [0.15, 0.2) is 24.4 Å². The number of imidazole rings is 1. The Labute approximate surface area is 154 Å². The summed E-state index contributed by atoms with van der Waals surface area (Å²) in [5, 5.41) is -0.414. The van der Waals surface area contributed by atoms with Crippen molar-refractivity contribution in [1.82, 2.24) is 19.3 Å². The maximum Gasteiger partial charge on any atom is 0.433 e. The van der Waals surface area contributed by atoms with Gasteiger partial charge in [0, 0.05) is 31.2 Å². The van der Waals surface area contributed by atoms with Gasteiger partial charge in [0.25, 0.3) is 0 Å². The van der Waals surface area contributed by atoms with Gasteiger partial charge in [-0.05, 0) is 18.2 Å². The molecule has 0 N–H and O–H groups in total. The molecule has 0 bridgehead atoms. The molecule has 0 saturated carbocycles. The summed E-state index contributed by atoms with van der Waals surface area (Å²) in [5.74, 6) is 0. The van der Waals surface area contributed by atoms with Gasteiger partial charge in [-0.1, -0.05) is 0 Å². The lowest BCUT2D eigenvalue weighted by Crippen LogP contribution is -2.35. The van der Waals surface area contributed by atoms with E-state index in [0.717, 1.165) is 6.07 Å². The van der Waals surface area contributed by atoms with Crippen molar-refractivity contribution in [3.05, 3.63) is 41.3 Å². The summed E-state index contributed by atoms with van der Waals surface area (Å²) < 4.78 is 85.9. The quantitative estimate of drug-likeness (QED) is 0.611. The standard InChI is InChI=1S/C17H14F6N4O/c18-16(19,20)12-7-13(17(21,22)23)25-15-11(12)1-2-14-24-10(9-27(14)15)8-26-3-5-28-6-4-26/h1-2,7,9H,3-6,8H2. The lowest BCUT2D eigenvalue weighted by atomic mass is 10.1. The van der Waals surface area contributed by atoms with E-state index < -0.39 is 34.6 Å². The largest absolute Gasteiger partial charge is 0.433 e. The maximum atomic E-state index is 13.4. The van der Waals surface area contributed by atoms with Gasteiger partial charge in [0.2, 0.25) is 0 Å². The molecule has 1 aliphatic rings. The number of rotatable bonds is 2. The lowest BCUT2D eigenvalue weighted by Gasteiger charge is -2.25. The van der Waals surface area contributed by atoms with Crippen LogP contribution in [-0.4, -0.2) is 45.6 Å². The first kappa shape index (κ1) is 18.9. The predicted octanol–water partition coefficient (Wildman–Crippen LogP) is 3.75. The number of hydrogen-bond acceptors (Lipinski definition) is 4. The van der Waals surface area contributed by atoms with Crippen molar-refractivity contribution >= 4 is 16.7 Å². The molecule has 1 fully saturated rings. The summed E-state index contributed by atoms with van der Waals surface area (Å²) in [6.45, 7) is 2.87. The topological polar surface area (TPSA) is 42.7 Å². The molecule has 0 atom stereocenters. The van der Waals surface area contributed by atoms with Crippen LogP contribution in [0.3, 0.4) is 0 Å². The Balaban J connectivity index is 1.87. The van der Waals surface area contributed by atoms with E-state index in [1.54, 1.807) is 0 Å². The second kappa shape index (κ2) is 6.59. The molecule has 28 heavy (non-hydrogen) atoms. The molecule has 1 aliphatic heterocycles. The van der Waals surface area contributed by atoms with Crippen LogP contribution in [0.1, 0.15) is 17.0 Å². The van der Waals surface area contributed by atoms with Gasteiger partial charge in [0.05, 0.1) is 24.5 Å². The zero-order valence-electron chi connectivity index (χ0n) is 14.3. The molecule has 3 aromatic rings. The summed E-state index contributed by atoms with van der Waals surface area (Å²) in [6.07, 6.45) is -8.53. The number of morpholine rings is 1. The van der Waals surface area contributed by atoms with E-state index in [0.29, 0.717) is 38.5 Å². The van der Waals surface area contributed by atoms with Crippen LogP contribution in [0.5, 0.6) is 0 Å². The van der Waals surface area contributed by atoms with Gasteiger partial charge in [-0.15, -0.1) is 0 Å². The van der Waals surface area contributed by atoms with Crippen LogP contribution < -0.4 is 0 Å². The molecule has 11 heteroatoms. The lowest BCUT2D eigenvalue weighted by molar-refractivity contribution is -0.144. The maximum absolute atomic E-state index is 13.4. The molecule has 5 nitrogen and oxygen atoms in total. The second-order valence-corrected chi connectivity index (χ2v) is 6.47. The molecule has 0 aliphatic carbocycles. The highest BCUT2D eigenvalue weighted by atomic mass is 19.4. The smallest absolute Gasteiger partial charge is 0.379 e. The molecule has 0 aromatic carbocycles. The highest BCUT2D eigenvalue weighted by Crippen LogP contribution is 2.38. The Bertz CT molecular complexity index is 1020. The van der Waals surface area contributed by atoms with Crippen molar-refractivity contribution in [2.24, 2.45) is 0 Å². The first-order valence-electron chi connectivity index (χ1n) is 8.39. The number of alkyl halides is 6. The fraction of sp³-hybridized carbons (Fsp3) is 0.412. The summed E-state index contributed by atoms with van der Waals surface area (Å²) in [4.78, 5) is 9.84. The van der Waals surface area contributed by atoms with Crippen molar-refractivity contribution in [1.29, 1.82) is 0 Å². The molecular formula is C17H14F6N4O. The van der Waals surface area contributed by atoms with Crippen molar-refractivity contribution in [2.45, 2.75) is 18.9 Å². The molecular weight excluding hydrogens is 390 g/mol. The molecule has 150 valence electrons. The van der Waals surface area contributed by atoms with E-state index in [1.165, 1.54) is 16.7 Å². The van der Waals surface area contributed by atoms with E-state index in [-0.39, 0.29) is 11.7 Å². The summed E-state index contributed by atoms with van der Waals surface area (Å²) in [5.41, 5.74) is -2.64. The number of pyridine rings is 2. The number of hydrogen-bond donors (Lipinski definition) is 0. The number of aromatic nitrogens is 3. The molecule has 4 rings (SSSR count). The fourth-order valence-electron chi connectivity index (χ4n) is 3.22. The van der Waals surface area contributed by atoms with Crippen LogP contribution in [0.2, 0.25) is 0 Å². The second-order valence-electron chi connectivity index (χ2n) is 6.47. The minimum atomic E-state index is -5.01. The van der Waals surface area contributed by atoms with Gasteiger partial charge < -0.3 is 4.74 Å². The van der Waals surface area contributed by atoms with E-state index in [4.69, 9.17) is 4.74 Å². The predicted molar refractivity (Wildman–Crippen MR) is 86.6 cm³/mol. The van der Waals surface area contributed by atoms with Gasteiger partial charge in [-0.2, -0.15) is 26.3 Å². The van der Waals surface area contributed by atoms with Crippen molar-refractivity contribution in [3.63, 3.8) is 0 Å². The van der Waals surface area contributed by atoms with Crippen LogP contribution in [0.25, 0.3) is 16.7 Å². The Morgan fingerprint density at radius 2 is 1.68 bits per heavy atom. The number of halogens is 6. The average Bonchev–Trinajstić information content (AvgIpc) is 3.03. The summed E-state index contributed by atoms with van der Waals surface area (Å²) in [7, 11) is 0. The third kappa shape index (κ3) is 3.51. The highest BCUT2D eigenvalue weighted by Gasteiger charge is 2.39. The van der Waals surface area contributed by atoms with E-state index in [2.05, 4.69) is 9.97 Å². The molecule has 0 radical (unpaired) electrons. The highest BCUT2D eigenvalue weighted by molar-refractivity contribution is 5.83. The summed E-state index contributed by atoms with van der Waals surface area (Å²) >= 11 is 0. The Morgan fingerprint density at radius 3 is 2.32 bits per heavy atom. The number of fused-ring (bicyclic) bond motifs is 3. The van der Waals surface area contributed by atoms with Crippen LogP contribution in [-0.2, 0) is 23.6 Å². The van der Waals surface area contributed by atoms with Crippen LogP contribution in [0.4, 0.5) is 26.3 Å². The first-order valence-corrected chi connectivity index (χ1v) is 8.39. The fourth-order valence-corrected chi connectivity index (χ4v) is 3.22. The number of ether oxygens (including phenoxy) is 1. The zero-order chi connectivity index (χ0) is 20.1. The minimum absolute atomic E-state index is 0.0414. The van der Waals surface area contributed by atoms with E-state index >= 15 is 0 Å². The van der Waals surface area contributed by atoms with Crippen LogP contribution in [0, 0.1) is 0 Å². The molecule has 1 saturated heterocycles. The first-order chi connectivity index (χ1) is 13.1. The minimum Gasteiger partial charge on any atom is -0.379 e. The number of nitrogens with zero attached hydrogens (tertiary/aromatic N) is 4. The van der Waals surface area contributed by atoms with Gasteiger partial charge in [-0.3, -0.25) is 9.30 Å². The van der Waals surface area contributed by atoms with Crippen molar-refractivity contribution < 1.29 is 31.1 Å². The van der Waals surface area contributed by atoms with Gasteiger partial charge >= 0.3 is 12.4 Å². The average molecular weight is 404 g/mol. The zero-order valence-corrected chi connectivity index (χ0v) is 14.3. The summed E-state index contributed by atoms with van der Waals surface area (Å²) in [6, 6.07) is 2.49.